The number of hydrogen-bond acceptors (Lipinski definition) is 6. The van der Waals surface area contributed by atoms with Gasteiger partial charge in [-0.3, -0.25) is 9.89 Å². The number of benzene rings is 1. The zero-order chi connectivity index (χ0) is 17.6. The van der Waals surface area contributed by atoms with E-state index in [1.165, 1.54) is 12.1 Å². The topological polar surface area (TPSA) is 58.2 Å². The number of halogens is 1. The molecule has 3 aliphatic rings. The first-order chi connectivity index (χ1) is 12.1. The van der Waals surface area contributed by atoms with Crippen LogP contribution in [0, 0.1) is 17.1 Å². The van der Waals surface area contributed by atoms with Gasteiger partial charge in [-0.05, 0) is 26.1 Å². The van der Waals surface area contributed by atoms with Gasteiger partial charge in [0.2, 0.25) is 0 Å². The van der Waals surface area contributed by atoms with Crippen molar-refractivity contribution in [2.45, 2.75) is 13.0 Å². The first-order valence-electron chi connectivity index (χ1n) is 8.38. The van der Waals surface area contributed by atoms with Gasteiger partial charge in [0, 0.05) is 38.4 Å². The lowest BCUT2D eigenvalue weighted by Gasteiger charge is -2.39. The zero-order valence-electron chi connectivity index (χ0n) is 14.3. The molecule has 0 amide bonds. The van der Waals surface area contributed by atoms with Crippen molar-refractivity contribution in [1.82, 2.24) is 9.80 Å². The fourth-order valence-electron chi connectivity index (χ4n) is 3.25. The second-order valence-electron chi connectivity index (χ2n) is 6.56. The Morgan fingerprint density at radius 1 is 1.20 bits per heavy atom. The fraction of sp³-hybridized carbons (Fsp3) is 0.389. The Kier molecular flexibility index (Phi) is 3.77. The minimum atomic E-state index is -0.536. The van der Waals surface area contributed by atoms with Crippen LogP contribution in [0.15, 0.2) is 34.4 Å². The molecule has 0 spiro atoms. The van der Waals surface area contributed by atoms with Crippen molar-refractivity contribution in [1.29, 1.82) is 5.26 Å². The number of piperazine rings is 1. The van der Waals surface area contributed by atoms with E-state index < -0.39 is 5.82 Å². The Morgan fingerprint density at radius 2 is 1.96 bits per heavy atom. The molecule has 0 aliphatic carbocycles. The summed E-state index contributed by atoms with van der Waals surface area (Å²) >= 11 is 0. The molecule has 0 N–H and O–H groups in total. The number of nitrogens with zero attached hydrogens (tertiary/aromatic N) is 6. The Hall–Kier alpha value is -2.72. The molecule has 0 saturated carbocycles. The third-order valence-electron chi connectivity index (χ3n) is 4.74. The Labute approximate surface area is 146 Å². The van der Waals surface area contributed by atoms with Gasteiger partial charge in [-0.2, -0.15) is 5.26 Å². The van der Waals surface area contributed by atoms with Gasteiger partial charge in [-0.15, -0.1) is 0 Å². The molecule has 25 heavy (non-hydrogen) atoms. The van der Waals surface area contributed by atoms with E-state index >= 15 is 0 Å². The molecule has 0 bridgehead atoms. The predicted molar refractivity (Wildman–Crippen MR) is 95.8 cm³/mol. The van der Waals surface area contributed by atoms with Crippen molar-refractivity contribution >= 4 is 23.0 Å². The van der Waals surface area contributed by atoms with E-state index in [0.29, 0.717) is 11.4 Å². The summed E-state index contributed by atoms with van der Waals surface area (Å²) in [7, 11) is 2.10. The van der Waals surface area contributed by atoms with Crippen LogP contribution < -0.4 is 4.90 Å². The number of anilines is 1. The summed E-state index contributed by atoms with van der Waals surface area (Å²) in [6.07, 6.45) is 3.89. The van der Waals surface area contributed by atoms with Crippen LogP contribution in [0.3, 0.4) is 0 Å². The normalized spacial score (nSPS) is 22.7. The molecule has 0 aromatic heterocycles. The molecular weight excluding hydrogens is 319 g/mol. The summed E-state index contributed by atoms with van der Waals surface area (Å²) in [4.78, 5) is 15.9. The minimum Gasteiger partial charge on any atom is -0.351 e. The van der Waals surface area contributed by atoms with Gasteiger partial charge in [-0.25, -0.2) is 9.38 Å². The van der Waals surface area contributed by atoms with Crippen LogP contribution in [0.2, 0.25) is 0 Å². The third kappa shape index (κ3) is 2.68. The quantitative estimate of drug-likeness (QED) is 0.727. The molecule has 4 rings (SSSR count). The summed E-state index contributed by atoms with van der Waals surface area (Å²) in [5, 5.41) is 9.13. The average molecular weight is 338 g/mol. The monoisotopic (exact) mass is 338 g/mol. The molecule has 1 aromatic rings. The third-order valence-corrected chi connectivity index (χ3v) is 4.74. The van der Waals surface area contributed by atoms with Crippen molar-refractivity contribution < 1.29 is 4.39 Å². The number of fused-ring (bicyclic) bond motifs is 3. The summed E-state index contributed by atoms with van der Waals surface area (Å²) in [6, 6.07) is 4.83. The molecule has 0 radical (unpaired) electrons. The van der Waals surface area contributed by atoms with Crippen LogP contribution in [-0.4, -0.2) is 60.7 Å². The zero-order valence-corrected chi connectivity index (χ0v) is 14.3. The number of rotatable bonds is 0. The van der Waals surface area contributed by atoms with Gasteiger partial charge in [-0.1, -0.05) is 0 Å². The van der Waals surface area contributed by atoms with Crippen LogP contribution in [0.25, 0.3) is 0 Å². The van der Waals surface area contributed by atoms with E-state index in [9.17, 15) is 4.39 Å². The van der Waals surface area contributed by atoms with Gasteiger partial charge in [0.25, 0.3) is 0 Å². The van der Waals surface area contributed by atoms with E-state index in [4.69, 9.17) is 15.2 Å². The van der Waals surface area contributed by atoms with Crippen molar-refractivity contribution in [2.75, 3.05) is 38.1 Å². The highest BCUT2D eigenvalue weighted by atomic mass is 19.1. The number of likely N-dealkylation sites (N-methyl/N-ethyl adjacent to an activating group) is 1. The first kappa shape index (κ1) is 15.8. The van der Waals surface area contributed by atoms with Gasteiger partial charge in [0.15, 0.2) is 11.7 Å². The van der Waals surface area contributed by atoms with Gasteiger partial charge >= 0.3 is 0 Å². The lowest BCUT2D eigenvalue weighted by atomic mass is 10.1. The summed E-state index contributed by atoms with van der Waals surface area (Å²) < 4.78 is 14.1. The van der Waals surface area contributed by atoms with Crippen molar-refractivity contribution in [3.05, 3.63) is 35.8 Å². The summed E-state index contributed by atoms with van der Waals surface area (Å²) in [5.41, 5.74) is 1.23. The van der Waals surface area contributed by atoms with Crippen LogP contribution in [0.5, 0.6) is 0 Å². The number of aliphatic imine (C=N–C) groups is 2. The molecule has 3 heterocycles. The lowest BCUT2D eigenvalue weighted by Crippen LogP contribution is -2.53. The van der Waals surface area contributed by atoms with E-state index in [-0.39, 0.29) is 11.6 Å². The predicted octanol–water partition coefficient (Wildman–Crippen LogP) is 2.11. The highest BCUT2D eigenvalue weighted by Crippen LogP contribution is 2.37. The number of nitriles is 1. The molecule has 3 aliphatic heterocycles. The fourth-order valence-corrected chi connectivity index (χ4v) is 3.25. The van der Waals surface area contributed by atoms with E-state index in [1.54, 1.807) is 0 Å². The number of hydrogen-bond donors (Lipinski definition) is 0. The SMILES string of the molecule is CC1C=CN2C(=N1)C(N1CCN(C)CC1)=Nc1cc(C#N)c(F)cc12. The van der Waals surface area contributed by atoms with Crippen molar-refractivity contribution in [3.63, 3.8) is 0 Å². The Balaban J connectivity index is 1.83. The maximum atomic E-state index is 14.1. The lowest BCUT2D eigenvalue weighted by molar-refractivity contribution is 0.217. The molecule has 1 aromatic carbocycles. The first-order valence-corrected chi connectivity index (χ1v) is 8.38. The molecule has 6 nitrogen and oxygen atoms in total. The molecule has 1 fully saturated rings. The molecular formula is C18H19FN6. The van der Waals surface area contributed by atoms with Crippen molar-refractivity contribution in [2.24, 2.45) is 9.98 Å². The maximum absolute atomic E-state index is 14.1. The largest absolute Gasteiger partial charge is 0.351 e. The molecule has 128 valence electrons. The van der Waals surface area contributed by atoms with Crippen LogP contribution >= 0.6 is 0 Å². The van der Waals surface area contributed by atoms with Crippen LogP contribution in [0.1, 0.15) is 12.5 Å². The van der Waals surface area contributed by atoms with Crippen molar-refractivity contribution in [3.8, 4) is 6.07 Å². The van der Waals surface area contributed by atoms with Crippen LogP contribution in [-0.2, 0) is 0 Å². The van der Waals surface area contributed by atoms with E-state index in [1.807, 2.05) is 30.2 Å². The Morgan fingerprint density at radius 3 is 2.68 bits per heavy atom. The maximum Gasteiger partial charge on any atom is 0.176 e. The Bertz CT molecular complexity index is 842. The smallest absolute Gasteiger partial charge is 0.176 e. The molecule has 7 heteroatoms. The number of amidine groups is 2. The van der Waals surface area contributed by atoms with Gasteiger partial charge in [0.05, 0.1) is 23.0 Å². The van der Waals surface area contributed by atoms with Crippen LogP contribution in [0.4, 0.5) is 15.8 Å². The molecule has 1 unspecified atom stereocenters. The molecule has 1 atom stereocenters. The summed E-state index contributed by atoms with van der Waals surface area (Å²) in [6.45, 7) is 5.65. The van der Waals surface area contributed by atoms with Gasteiger partial charge < -0.3 is 9.80 Å². The highest BCUT2D eigenvalue weighted by molar-refractivity contribution is 6.47. The van der Waals surface area contributed by atoms with E-state index in [2.05, 4.69) is 16.8 Å². The molecule has 1 saturated heterocycles. The highest BCUT2D eigenvalue weighted by Gasteiger charge is 2.32. The second-order valence-corrected chi connectivity index (χ2v) is 6.56. The second kappa shape index (κ2) is 5.97. The minimum absolute atomic E-state index is 0.00923. The summed E-state index contributed by atoms with van der Waals surface area (Å²) in [5.74, 6) is 1.01. The average Bonchev–Trinajstić information content (AvgIpc) is 2.61. The van der Waals surface area contributed by atoms with E-state index in [0.717, 1.165) is 37.9 Å². The van der Waals surface area contributed by atoms with Gasteiger partial charge in [0.1, 0.15) is 11.9 Å². The standard InChI is InChI=1S/C18H19FN6/c1-12-3-4-25-16-10-14(19)13(11-20)9-15(16)22-17(18(25)21-12)24-7-5-23(2)6-8-24/h3-4,9-10,12H,5-8H2,1-2H3.